The van der Waals surface area contributed by atoms with E-state index in [0.29, 0.717) is 6.54 Å². The predicted molar refractivity (Wildman–Crippen MR) is 84.9 cm³/mol. The number of nitrogens with one attached hydrogen (secondary N) is 1. The lowest BCUT2D eigenvalue weighted by molar-refractivity contribution is 0.170. The Balaban J connectivity index is 1.58. The summed E-state index contributed by atoms with van der Waals surface area (Å²) in [4.78, 5) is 0. The summed E-state index contributed by atoms with van der Waals surface area (Å²) in [7, 11) is 0. The lowest BCUT2D eigenvalue weighted by Crippen LogP contribution is -2.24. The molecule has 3 rings (SSSR count). The summed E-state index contributed by atoms with van der Waals surface area (Å²) in [5.41, 5.74) is 3.35. The van der Waals surface area contributed by atoms with Gasteiger partial charge in [0.2, 0.25) is 0 Å². The monoisotopic (exact) mass is 301 g/mol. The second-order valence-electron chi connectivity index (χ2n) is 5.74. The molecular formula is C17H23N3O2. The van der Waals surface area contributed by atoms with E-state index < -0.39 is 6.10 Å². The molecule has 1 aromatic carbocycles. The zero-order chi connectivity index (χ0) is 15.5. The van der Waals surface area contributed by atoms with E-state index in [1.807, 2.05) is 23.9 Å². The molecule has 22 heavy (non-hydrogen) atoms. The Labute approximate surface area is 130 Å². The van der Waals surface area contributed by atoms with Crippen LogP contribution in [-0.2, 0) is 13.0 Å². The molecule has 0 radical (unpaired) electrons. The fourth-order valence-corrected chi connectivity index (χ4v) is 2.72. The second-order valence-corrected chi connectivity index (χ2v) is 5.74. The van der Waals surface area contributed by atoms with E-state index in [4.69, 9.17) is 4.74 Å². The van der Waals surface area contributed by atoms with E-state index >= 15 is 0 Å². The molecule has 0 bridgehead atoms. The quantitative estimate of drug-likeness (QED) is 0.859. The number of hydrogen-bond donors (Lipinski definition) is 2. The van der Waals surface area contributed by atoms with Crippen LogP contribution in [0.15, 0.2) is 30.6 Å². The van der Waals surface area contributed by atoms with E-state index in [1.54, 1.807) is 6.20 Å². The summed E-state index contributed by atoms with van der Waals surface area (Å²) >= 11 is 0. The van der Waals surface area contributed by atoms with E-state index in [0.717, 1.165) is 30.9 Å². The molecule has 5 heteroatoms. The van der Waals surface area contributed by atoms with Crippen molar-refractivity contribution in [2.75, 3.05) is 13.2 Å². The van der Waals surface area contributed by atoms with Crippen molar-refractivity contribution in [1.29, 1.82) is 0 Å². The van der Waals surface area contributed by atoms with Gasteiger partial charge >= 0.3 is 0 Å². The van der Waals surface area contributed by atoms with Crippen LogP contribution in [0.25, 0.3) is 0 Å². The van der Waals surface area contributed by atoms with Crippen molar-refractivity contribution in [3.63, 3.8) is 0 Å². The van der Waals surface area contributed by atoms with Crippen LogP contribution >= 0.6 is 0 Å². The Morgan fingerprint density at radius 3 is 3.05 bits per heavy atom. The van der Waals surface area contributed by atoms with E-state index in [9.17, 15) is 5.11 Å². The Kier molecular flexibility index (Phi) is 4.45. The van der Waals surface area contributed by atoms with Crippen molar-refractivity contribution in [1.82, 2.24) is 15.1 Å². The average molecular weight is 301 g/mol. The van der Waals surface area contributed by atoms with Gasteiger partial charge in [0, 0.05) is 37.3 Å². The number of hydrogen-bond acceptors (Lipinski definition) is 4. The number of aliphatic hydroxyl groups excluding tert-OH is 1. The number of aromatic nitrogens is 2. The van der Waals surface area contributed by atoms with E-state index in [-0.39, 0.29) is 6.04 Å². The van der Waals surface area contributed by atoms with Crippen molar-refractivity contribution in [3.05, 3.63) is 47.3 Å². The van der Waals surface area contributed by atoms with Crippen LogP contribution in [0.5, 0.6) is 5.75 Å². The van der Waals surface area contributed by atoms with Gasteiger partial charge < -0.3 is 15.2 Å². The molecule has 0 fully saturated rings. The molecule has 2 aromatic rings. The minimum atomic E-state index is -0.541. The highest BCUT2D eigenvalue weighted by atomic mass is 16.5. The molecule has 1 aliphatic rings. The van der Waals surface area contributed by atoms with E-state index in [2.05, 4.69) is 29.5 Å². The fourth-order valence-electron chi connectivity index (χ4n) is 2.72. The predicted octanol–water partition coefficient (Wildman–Crippen LogP) is 2.22. The Morgan fingerprint density at radius 1 is 1.41 bits per heavy atom. The number of benzene rings is 1. The van der Waals surface area contributed by atoms with Crippen LogP contribution < -0.4 is 10.1 Å². The van der Waals surface area contributed by atoms with Crippen LogP contribution in [0.2, 0.25) is 0 Å². The Hall–Kier alpha value is -1.85. The van der Waals surface area contributed by atoms with Gasteiger partial charge in [0.15, 0.2) is 0 Å². The molecule has 0 aliphatic carbocycles. The summed E-state index contributed by atoms with van der Waals surface area (Å²) in [6.45, 7) is 6.24. The molecule has 2 N–H and O–H groups in total. The lowest BCUT2D eigenvalue weighted by atomic mass is 10.0. The molecule has 0 saturated heterocycles. The zero-order valence-corrected chi connectivity index (χ0v) is 13.1. The number of aryl methyl sites for hydroxylation is 1. The first-order valence-electron chi connectivity index (χ1n) is 7.86. The SMILES string of the molecule is CCn1cc(C(O)CNC(C)c2ccc3c(c2)CCO3)cn1. The molecular weight excluding hydrogens is 278 g/mol. The fraction of sp³-hybridized carbons (Fsp3) is 0.471. The number of rotatable bonds is 6. The average Bonchev–Trinajstić information content (AvgIpc) is 3.19. The Morgan fingerprint density at radius 2 is 2.27 bits per heavy atom. The molecule has 2 atom stereocenters. The van der Waals surface area contributed by atoms with Gasteiger partial charge in [-0.2, -0.15) is 5.10 Å². The van der Waals surface area contributed by atoms with Gasteiger partial charge in [-0.05, 0) is 31.0 Å². The molecule has 0 saturated carbocycles. The van der Waals surface area contributed by atoms with Gasteiger partial charge in [-0.3, -0.25) is 4.68 Å². The summed E-state index contributed by atoms with van der Waals surface area (Å²) in [6.07, 6.45) is 4.06. The third kappa shape index (κ3) is 3.15. The second kappa shape index (κ2) is 6.50. The maximum absolute atomic E-state index is 10.2. The first-order chi connectivity index (χ1) is 10.7. The number of nitrogens with zero attached hydrogens (tertiary/aromatic N) is 2. The van der Waals surface area contributed by atoms with Crippen LogP contribution in [0.4, 0.5) is 0 Å². The van der Waals surface area contributed by atoms with Gasteiger partial charge in [0.25, 0.3) is 0 Å². The maximum atomic E-state index is 10.2. The van der Waals surface area contributed by atoms with Crippen LogP contribution in [0.3, 0.4) is 0 Å². The van der Waals surface area contributed by atoms with Gasteiger partial charge in [0.1, 0.15) is 5.75 Å². The summed E-state index contributed by atoms with van der Waals surface area (Å²) in [5.74, 6) is 1.00. The molecule has 0 amide bonds. The maximum Gasteiger partial charge on any atom is 0.122 e. The van der Waals surface area contributed by atoms with Gasteiger partial charge in [-0.1, -0.05) is 12.1 Å². The first-order valence-corrected chi connectivity index (χ1v) is 7.86. The van der Waals surface area contributed by atoms with Crippen LogP contribution in [-0.4, -0.2) is 28.0 Å². The van der Waals surface area contributed by atoms with E-state index in [1.165, 1.54) is 11.1 Å². The van der Waals surface area contributed by atoms with Crippen LogP contribution in [0, 0.1) is 0 Å². The molecule has 118 valence electrons. The first kappa shape index (κ1) is 15.1. The molecule has 2 unspecified atom stereocenters. The molecule has 1 aliphatic heterocycles. The third-order valence-electron chi connectivity index (χ3n) is 4.19. The molecule has 2 heterocycles. The minimum Gasteiger partial charge on any atom is -0.493 e. The normalized spacial score (nSPS) is 16.1. The van der Waals surface area contributed by atoms with Crippen molar-refractivity contribution in [2.45, 2.75) is 39.0 Å². The minimum absolute atomic E-state index is 0.182. The number of fused-ring (bicyclic) bond motifs is 1. The molecule has 0 spiro atoms. The molecule has 1 aromatic heterocycles. The largest absolute Gasteiger partial charge is 0.493 e. The molecule has 5 nitrogen and oxygen atoms in total. The van der Waals surface area contributed by atoms with Crippen molar-refractivity contribution in [2.24, 2.45) is 0 Å². The lowest BCUT2D eigenvalue weighted by Gasteiger charge is -2.17. The van der Waals surface area contributed by atoms with Crippen molar-refractivity contribution in [3.8, 4) is 5.75 Å². The standard InChI is InChI=1S/C17H23N3O2/c1-3-20-11-15(9-19-20)16(21)10-18-12(2)13-4-5-17-14(8-13)6-7-22-17/h4-5,8-9,11-12,16,18,21H,3,6-7,10H2,1-2H3. The van der Waals surface area contributed by atoms with Gasteiger partial charge in [0.05, 0.1) is 18.9 Å². The summed E-state index contributed by atoms with van der Waals surface area (Å²) in [6, 6.07) is 6.50. The van der Waals surface area contributed by atoms with Crippen molar-refractivity contribution >= 4 is 0 Å². The topological polar surface area (TPSA) is 59.3 Å². The van der Waals surface area contributed by atoms with Crippen LogP contribution in [0.1, 0.15) is 42.7 Å². The number of ether oxygens (including phenoxy) is 1. The van der Waals surface area contributed by atoms with Gasteiger partial charge in [-0.25, -0.2) is 0 Å². The highest BCUT2D eigenvalue weighted by Crippen LogP contribution is 2.28. The summed E-state index contributed by atoms with van der Waals surface area (Å²) < 4.78 is 7.35. The third-order valence-corrected chi connectivity index (χ3v) is 4.19. The number of aliphatic hydroxyl groups is 1. The van der Waals surface area contributed by atoms with Crippen molar-refractivity contribution < 1.29 is 9.84 Å². The summed E-state index contributed by atoms with van der Waals surface area (Å²) in [5, 5.41) is 17.8. The Bertz CT molecular complexity index is 639. The zero-order valence-electron chi connectivity index (χ0n) is 13.1. The highest BCUT2D eigenvalue weighted by Gasteiger charge is 2.16. The van der Waals surface area contributed by atoms with Gasteiger partial charge in [-0.15, -0.1) is 0 Å². The highest BCUT2D eigenvalue weighted by molar-refractivity contribution is 5.40. The smallest absolute Gasteiger partial charge is 0.122 e.